The van der Waals surface area contributed by atoms with E-state index in [1.807, 2.05) is 23.5 Å². The Hall–Kier alpha value is -6.42. The molecule has 0 spiro atoms. The summed E-state index contributed by atoms with van der Waals surface area (Å²) in [6, 6.07) is 67.5. The molecule has 0 atom stereocenters. The second-order valence-corrected chi connectivity index (χ2v) is 14.0. The van der Waals surface area contributed by atoms with Crippen molar-refractivity contribution in [1.29, 1.82) is 0 Å². The first-order valence-corrected chi connectivity index (χ1v) is 18.1. The summed E-state index contributed by atoms with van der Waals surface area (Å²) in [4.78, 5) is 2.33. The summed E-state index contributed by atoms with van der Waals surface area (Å²) in [6.45, 7) is 0. The van der Waals surface area contributed by atoms with Crippen molar-refractivity contribution in [2.24, 2.45) is 0 Å². The fourth-order valence-electron chi connectivity index (χ4n) is 7.39. The summed E-state index contributed by atoms with van der Waals surface area (Å²) in [5, 5.41) is 4.86. The Morgan fingerprint density at radius 1 is 0.333 bits per heavy atom. The fourth-order valence-corrected chi connectivity index (χ4v) is 8.52. The van der Waals surface area contributed by atoms with Gasteiger partial charge in [-0.3, -0.25) is 0 Å². The molecule has 0 bridgehead atoms. The van der Waals surface area contributed by atoms with Gasteiger partial charge in [-0.1, -0.05) is 115 Å². The van der Waals surface area contributed by atoms with Crippen LogP contribution in [-0.4, -0.2) is 0 Å². The van der Waals surface area contributed by atoms with Crippen LogP contribution in [0.15, 0.2) is 192 Å². The van der Waals surface area contributed by atoms with Gasteiger partial charge in [0.2, 0.25) is 0 Å². The molecule has 0 saturated carbocycles. The van der Waals surface area contributed by atoms with Crippen LogP contribution >= 0.6 is 11.3 Å². The Bertz CT molecular complexity index is 2830. The first-order chi connectivity index (χ1) is 25.3. The van der Waals surface area contributed by atoms with Gasteiger partial charge in [0, 0.05) is 48.0 Å². The molecule has 10 aromatic rings. The Morgan fingerprint density at radius 2 is 0.882 bits per heavy atom. The zero-order valence-electron chi connectivity index (χ0n) is 27.7. The lowest BCUT2D eigenvalue weighted by atomic mass is 9.92. The Morgan fingerprint density at radius 3 is 1.65 bits per heavy atom. The van der Waals surface area contributed by atoms with Crippen molar-refractivity contribution in [3.05, 3.63) is 188 Å². The summed E-state index contributed by atoms with van der Waals surface area (Å²) in [6.07, 6.45) is 0. The third kappa shape index (κ3) is 5.18. The van der Waals surface area contributed by atoms with E-state index in [-0.39, 0.29) is 0 Å². The number of benzene rings is 8. The third-order valence-electron chi connectivity index (χ3n) is 9.89. The van der Waals surface area contributed by atoms with Gasteiger partial charge in [0.1, 0.15) is 11.2 Å². The van der Waals surface area contributed by atoms with Crippen molar-refractivity contribution >= 4 is 70.5 Å². The highest BCUT2D eigenvalue weighted by Gasteiger charge is 2.17. The highest BCUT2D eigenvalue weighted by Crippen LogP contribution is 2.44. The largest absolute Gasteiger partial charge is 0.456 e. The second-order valence-electron chi connectivity index (χ2n) is 12.9. The molecule has 0 radical (unpaired) electrons. The topological polar surface area (TPSA) is 16.4 Å². The van der Waals surface area contributed by atoms with Crippen molar-refractivity contribution in [2.45, 2.75) is 0 Å². The maximum absolute atomic E-state index is 6.21. The average Bonchev–Trinajstić information content (AvgIpc) is 3.76. The van der Waals surface area contributed by atoms with Crippen molar-refractivity contribution in [3.63, 3.8) is 0 Å². The normalized spacial score (nSPS) is 11.5. The maximum atomic E-state index is 6.21. The molecule has 0 aliphatic heterocycles. The van der Waals surface area contributed by atoms with Gasteiger partial charge in [-0.05, 0) is 106 Å². The van der Waals surface area contributed by atoms with Crippen LogP contribution in [-0.2, 0) is 0 Å². The van der Waals surface area contributed by atoms with Crippen molar-refractivity contribution < 1.29 is 4.42 Å². The summed E-state index contributed by atoms with van der Waals surface area (Å²) >= 11 is 1.86. The quantitative estimate of drug-likeness (QED) is 0.175. The van der Waals surface area contributed by atoms with Gasteiger partial charge in [0.15, 0.2) is 0 Å². The summed E-state index contributed by atoms with van der Waals surface area (Å²) < 4.78 is 8.80. The summed E-state index contributed by atoms with van der Waals surface area (Å²) in [5.41, 5.74) is 12.4. The van der Waals surface area contributed by atoms with Crippen LogP contribution in [0.5, 0.6) is 0 Å². The Labute approximate surface area is 300 Å². The third-order valence-corrected chi connectivity index (χ3v) is 11.0. The van der Waals surface area contributed by atoms with E-state index in [0.717, 1.165) is 39.0 Å². The number of thiophene rings is 1. The molecule has 0 saturated heterocycles. The van der Waals surface area contributed by atoms with Gasteiger partial charge in [-0.15, -0.1) is 11.3 Å². The monoisotopic (exact) mass is 669 g/mol. The van der Waals surface area contributed by atoms with E-state index >= 15 is 0 Å². The molecule has 3 heteroatoms. The SMILES string of the molecule is c1ccc(-c2ccc(N(c3ccccc3)c3ccc(-c4cc5sc6ccccc6c5cc4-c4ccc5oc6ccccc6c5c4)cc3)cc2)cc1. The number of rotatable bonds is 6. The maximum Gasteiger partial charge on any atom is 0.135 e. The molecule has 8 aromatic carbocycles. The zero-order valence-corrected chi connectivity index (χ0v) is 28.5. The van der Waals surface area contributed by atoms with Gasteiger partial charge >= 0.3 is 0 Å². The number of hydrogen-bond acceptors (Lipinski definition) is 3. The predicted molar refractivity (Wildman–Crippen MR) is 218 cm³/mol. The predicted octanol–water partition coefficient (Wildman–Crippen LogP) is 14.4. The molecule has 0 amide bonds. The Balaban J connectivity index is 1.11. The minimum Gasteiger partial charge on any atom is -0.456 e. The molecule has 0 N–H and O–H groups in total. The van der Waals surface area contributed by atoms with E-state index in [1.54, 1.807) is 0 Å². The van der Waals surface area contributed by atoms with Crippen molar-refractivity contribution in [1.82, 2.24) is 0 Å². The van der Waals surface area contributed by atoms with Crippen LogP contribution in [0.3, 0.4) is 0 Å². The molecule has 0 aliphatic carbocycles. The number of anilines is 3. The highest BCUT2D eigenvalue weighted by atomic mass is 32.1. The number of furan rings is 1. The molecule has 2 heterocycles. The van der Waals surface area contributed by atoms with E-state index in [4.69, 9.17) is 4.42 Å². The molecule has 0 aliphatic rings. The Kier molecular flexibility index (Phi) is 7.04. The molecular formula is C48H31NOS. The van der Waals surface area contributed by atoms with Crippen LogP contribution in [0.25, 0.3) is 75.5 Å². The van der Waals surface area contributed by atoms with E-state index in [1.165, 1.54) is 53.6 Å². The molecule has 2 aromatic heterocycles. The summed E-state index contributed by atoms with van der Waals surface area (Å²) in [7, 11) is 0. The molecular weight excluding hydrogens is 639 g/mol. The molecule has 51 heavy (non-hydrogen) atoms. The average molecular weight is 670 g/mol. The van der Waals surface area contributed by atoms with Crippen LogP contribution in [0.1, 0.15) is 0 Å². The fraction of sp³-hybridized carbons (Fsp3) is 0. The highest BCUT2D eigenvalue weighted by molar-refractivity contribution is 7.25. The van der Waals surface area contributed by atoms with E-state index < -0.39 is 0 Å². The van der Waals surface area contributed by atoms with Crippen LogP contribution in [0.4, 0.5) is 17.1 Å². The van der Waals surface area contributed by atoms with E-state index in [9.17, 15) is 0 Å². The number of hydrogen-bond donors (Lipinski definition) is 0. The van der Waals surface area contributed by atoms with Gasteiger partial charge in [-0.25, -0.2) is 0 Å². The standard InChI is InChI=1S/C48H31NOS/c1-3-11-32(12-4-1)33-19-24-37(25-20-33)49(36-13-5-2-6-14-36)38-26-21-34(22-27-38)42-31-48-44(40-16-8-10-18-47(40)51-48)30-41(42)35-23-28-46-43(29-35)39-15-7-9-17-45(39)50-46/h1-31H. The van der Waals surface area contributed by atoms with E-state index in [2.05, 4.69) is 181 Å². The molecule has 10 rings (SSSR count). The first-order valence-electron chi connectivity index (χ1n) is 17.2. The minimum absolute atomic E-state index is 0.908. The van der Waals surface area contributed by atoms with Gasteiger partial charge in [-0.2, -0.15) is 0 Å². The van der Waals surface area contributed by atoms with Crippen molar-refractivity contribution in [2.75, 3.05) is 4.90 Å². The minimum atomic E-state index is 0.908. The second kappa shape index (κ2) is 12.2. The van der Waals surface area contributed by atoms with Crippen LogP contribution in [0, 0.1) is 0 Å². The molecule has 0 fully saturated rings. The smallest absolute Gasteiger partial charge is 0.135 e. The molecule has 2 nitrogen and oxygen atoms in total. The number of para-hydroxylation sites is 2. The zero-order chi connectivity index (χ0) is 33.7. The molecule has 0 unspecified atom stereocenters. The lowest BCUT2D eigenvalue weighted by Gasteiger charge is -2.26. The molecule has 240 valence electrons. The number of nitrogens with zero attached hydrogens (tertiary/aromatic N) is 1. The van der Waals surface area contributed by atoms with Gasteiger partial charge in [0.25, 0.3) is 0 Å². The van der Waals surface area contributed by atoms with Gasteiger partial charge in [0.05, 0.1) is 0 Å². The first kappa shape index (κ1) is 29.5. The van der Waals surface area contributed by atoms with E-state index in [0.29, 0.717) is 0 Å². The van der Waals surface area contributed by atoms with Crippen molar-refractivity contribution in [3.8, 4) is 33.4 Å². The van der Waals surface area contributed by atoms with Crippen LogP contribution in [0.2, 0.25) is 0 Å². The van der Waals surface area contributed by atoms with Crippen LogP contribution < -0.4 is 4.90 Å². The lowest BCUT2D eigenvalue weighted by molar-refractivity contribution is 0.669. The number of fused-ring (bicyclic) bond motifs is 6. The summed E-state index contributed by atoms with van der Waals surface area (Å²) in [5.74, 6) is 0. The van der Waals surface area contributed by atoms with Gasteiger partial charge < -0.3 is 9.32 Å². The lowest BCUT2D eigenvalue weighted by Crippen LogP contribution is -2.09.